The molecule has 0 aliphatic rings. The van der Waals surface area contributed by atoms with Gasteiger partial charge in [-0.3, -0.25) is 9.59 Å². The number of thiophene rings is 1. The lowest BCUT2D eigenvalue weighted by Gasteiger charge is -2.08. The Morgan fingerprint density at radius 3 is 2.47 bits per heavy atom. The van der Waals surface area contributed by atoms with E-state index < -0.39 is 15.9 Å². The molecule has 3 N–H and O–H groups in total. The summed E-state index contributed by atoms with van der Waals surface area (Å²) in [5.41, 5.74) is 0.639. The zero-order valence-corrected chi connectivity index (χ0v) is 20.1. The minimum absolute atomic E-state index is 0.0137. The van der Waals surface area contributed by atoms with Gasteiger partial charge in [-0.25, -0.2) is 28.1 Å². The van der Waals surface area contributed by atoms with Crippen molar-refractivity contribution in [1.82, 2.24) is 24.8 Å². The van der Waals surface area contributed by atoms with Gasteiger partial charge in [-0.05, 0) is 56.9 Å². The molecule has 0 saturated heterocycles. The van der Waals surface area contributed by atoms with Crippen LogP contribution in [-0.4, -0.2) is 53.3 Å². The molecule has 3 aromatic heterocycles. The topological polar surface area (TPSA) is 150 Å². The molecule has 0 aliphatic carbocycles. The molecular weight excluding hydrogens is 478 g/mol. The summed E-state index contributed by atoms with van der Waals surface area (Å²) in [4.78, 5) is 43.1. The molecule has 0 fully saturated rings. The van der Waals surface area contributed by atoms with Crippen molar-refractivity contribution in [3.63, 3.8) is 0 Å². The molecule has 0 radical (unpaired) electrons. The molecule has 0 atom stereocenters. The average molecular weight is 500 g/mol. The molecule has 0 spiro atoms. The van der Waals surface area contributed by atoms with Crippen molar-refractivity contribution in [2.75, 3.05) is 24.1 Å². The van der Waals surface area contributed by atoms with Crippen LogP contribution in [0.1, 0.15) is 21.1 Å². The lowest BCUT2D eigenvalue weighted by atomic mass is 10.2. The standard InChI is InChI=1S/C21H21N7O4S2/c1-12-16-18(29)25-15(11-28(2)3)26-20(16)33-17(12)19(30)24-13-5-7-14(8-6-13)34(31,32)27-21-22-9-4-10-23-21/h4-10H,11H2,1-3H3,(H,24,30)(H,22,23,27)(H,25,26,29). The fourth-order valence-corrected chi connectivity index (χ4v) is 5.27. The minimum atomic E-state index is -3.89. The molecule has 0 bridgehead atoms. The fraction of sp³-hybridized carbons (Fsp3) is 0.190. The fourth-order valence-electron chi connectivity index (χ4n) is 3.22. The van der Waals surface area contributed by atoms with Gasteiger partial charge < -0.3 is 15.2 Å². The van der Waals surface area contributed by atoms with Crippen LogP contribution in [0.2, 0.25) is 0 Å². The monoisotopic (exact) mass is 499 g/mol. The predicted octanol–water partition coefficient (Wildman–Crippen LogP) is 2.20. The lowest BCUT2D eigenvalue weighted by Crippen LogP contribution is -2.18. The summed E-state index contributed by atoms with van der Waals surface area (Å²) in [7, 11) is -0.156. The Morgan fingerprint density at radius 1 is 1.15 bits per heavy atom. The quantitative estimate of drug-likeness (QED) is 0.350. The molecule has 4 rings (SSSR count). The third kappa shape index (κ3) is 4.95. The number of aromatic nitrogens is 4. The second-order valence-electron chi connectivity index (χ2n) is 7.64. The molecule has 0 unspecified atom stereocenters. The molecule has 176 valence electrons. The van der Waals surface area contributed by atoms with Gasteiger partial charge >= 0.3 is 0 Å². The number of aromatic amines is 1. The molecular formula is C21H21N7O4S2. The van der Waals surface area contributed by atoms with Crippen LogP contribution in [0.5, 0.6) is 0 Å². The third-order valence-electron chi connectivity index (χ3n) is 4.74. The Morgan fingerprint density at radius 2 is 1.82 bits per heavy atom. The van der Waals surface area contributed by atoms with Gasteiger partial charge in [-0.15, -0.1) is 11.3 Å². The Kier molecular flexibility index (Phi) is 6.41. The number of anilines is 2. The van der Waals surface area contributed by atoms with E-state index in [9.17, 15) is 18.0 Å². The minimum Gasteiger partial charge on any atom is -0.321 e. The van der Waals surface area contributed by atoms with Crippen LogP contribution in [0, 0.1) is 6.92 Å². The van der Waals surface area contributed by atoms with E-state index in [1.165, 1.54) is 36.7 Å². The first-order valence-electron chi connectivity index (χ1n) is 10.0. The number of carbonyl (C=O) groups is 1. The molecule has 0 saturated carbocycles. The number of rotatable bonds is 7. The Labute approximate surface area is 199 Å². The predicted molar refractivity (Wildman–Crippen MR) is 130 cm³/mol. The molecule has 3 heterocycles. The largest absolute Gasteiger partial charge is 0.321 e. The highest BCUT2D eigenvalue weighted by Crippen LogP contribution is 2.28. The smallest absolute Gasteiger partial charge is 0.266 e. The summed E-state index contributed by atoms with van der Waals surface area (Å²) in [6.45, 7) is 2.16. The van der Waals surface area contributed by atoms with Crippen LogP contribution in [0.15, 0.2) is 52.4 Å². The van der Waals surface area contributed by atoms with Crippen LogP contribution >= 0.6 is 11.3 Å². The number of benzene rings is 1. The van der Waals surface area contributed by atoms with E-state index in [4.69, 9.17) is 0 Å². The van der Waals surface area contributed by atoms with Crippen LogP contribution in [0.3, 0.4) is 0 Å². The zero-order valence-electron chi connectivity index (χ0n) is 18.5. The number of H-pyrrole nitrogens is 1. The van der Waals surface area contributed by atoms with Gasteiger partial charge in [0.05, 0.1) is 21.7 Å². The number of nitrogens with one attached hydrogen (secondary N) is 3. The Balaban J connectivity index is 1.54. The van der Waals surface area contributed by atoms with E-state index in [1.807, 2.05) is 19.0 Å². The van der Waals surface area contributed by atoms with Gasteiger partial charge in [0.25, 0.3) is 21.5 Å². The molecule has 11 nitrogen and oxygen atoms in total. The first kappa shape index (κ1) is 23.5. The summed E-state index contributed by atoms with van der Waals surface area (Å²) in [6, 6.07) is 7.24. The van der Waals surface area contributed by atoms with Gasteiger partial charge in [0.2, 0.25) is 5.95 Å². The first-order valence-corrected chi connectivity index (χ1v) is 12.3. The van der Waals surface area contributed by atoms with E-state index in [-0.39, 0.29) is 16.4 Å². The van der Waals surface area contributed by atoms with Crippen molar-refractivity contribution in [3.05, 3.63) is 69.3 Å². The highest BCUT2D eigenvalue weighted by atomic mass is 32.2. The molecule has 4 aromatic rings. The van der Waals surface area contributed by atoms with Crippen molar-refractivity contribution in [1.29, 1.82) is 0 Å². The first-order chi connectivity index (χ1) is 16.1. The molecule has 0 aliphatic heterocycles. The lowest BCUT2D eigenvalue weighted by molar-refractivity contribution is 0.103. The second kappa shape index (κ2) is 9.29. The summed E-state index contributed by atoms with van der Waals surface area (Å²) in [5, 5.41) is 3.12. The van der Waals surface area contributed by atoms with E-state index >= 15 is 0 Å². The number of hydrogen-bond acceptors (Lipinski definition) is 9. The zero-order chi connectivity index (χ0) is 24.5. The molecule has 1 amide bonds. The van der Waals surface area contributed by atoms with Crippen molar-refractivity contribution >= 4 is 49.1 Å². The van der Waals surface area contributed by atoms with E-state index in [2.05, 4.69) is 30.0 Å². The Hall–Kier alpha value is -3.68. The number of nitrogens with zero attached hydrogens (tertiary/aromatic N) is 4. The summed E-state index contributed by atoms with van der Waals surface area (Å²) in [5.74, 6) is 0.0555. The normalized spacial score (nSPS) is 11.6. The number of sulfonamides is 1. The van der Waals surface area contributed by atoms with E-state index in [0.29, 0.717) is 38.7 Å². The second-order valence-corrected chi connectivity index (χ2v) is 10.3. The van der Waals surface area contributed by atoms with Gasteiger partial charge in [0.1, 0.15) is 10.7 Å². The van der Waals surface area contributed by atoms with Gasteiger partial charge in [-0.2, -0.15) is 0 Å². The van der Waals surface area contributed by atoms with Crippen molar-refractivity contribution in [2.45, 2.75) is 18.4 Å². The van der Waals surface area contributed by atoms with Crippen LogP contribution in [0.25, 0.3) is 10.2 Å². The van der Waals surface area contributed by atoms with Crippen LogP contribution in [-0.2, 0) is 16.6 Å². The molecule has 1 aromatic carbocycles. The molecule has 13 heteroatoms. The maximum absolute atomic E-state index is 12.9. The van der Waals surface area contributed by atoms with E-state index in [0.717, 1.165) is 11.3 Å². The highest BCUT2D eigenvalue weighted by Gasteiger charge is 2.20. The van der Waals surface area contributed by atoms with Crippen LogP contribution in [0.4, 0.5) is 11.6 Å². The maximum Gasteiger partial charge on any atom is 0.266 e. The SMILES string of the molecule is Cc1c(C(=O)Nc2ccc(S(=O)(=O)Nc3ncccn3)cc2)sc2nc(CN(C)C)[nH]c(=O)c12. The number of fused-ring (bicyclic) bond motifs is 1. The van der Waals surface area contributed by atoms with Crippen molar-refractivity contribution in [2.24, 2.45) is 0 Å². The van der Waals surface area contributed by atoms with Gasteiger partial charge in [0.15, 0.2) is 0 Å². The van der Waals surface area contributed by atoms with Crippen LogP contribution < -0.4 is 15.6 Å². The number of aryl methyl sites for hydroxylation is 1. The third-order valence-corrected chi connectivity index (χ3v) is 7.26. The number of hydrogen-bond donors (Lipinski definition) is 3. The summed E-state index contributed by atoms with van der Waals surface area (Å²) >= 11 is 1.13. The number of carbonyl (C=O) groups excluding carboxylic acids is 1. The summed E-state index contributed by atoms with van der Waals surface area (Å²) in [6.07, 6.45) is 2.85. The average Bonchev–Trinajstić information content (AvgIpc) is 3.11. The number of amides is 1. The maximum atomic E-state index is 12.9. The Bertz CT molecular complexity index is 1510. The molecule has 34 heavy (non-hydrogen) atoms. The van der Waals surface area contributed by atoms with Crippen molar-refractivity contribution in [3.8, 4) is 0 Å². The summed E-state index contributed by atoms with van der Waals surface area (Å²) < 4.78 is 27.3. The van der Waals surface area contributed by atoms with E-state index in [1.54, 1.807) is 13.0 Å². The van der Waals surface area contributed by atoms with Gasteiger partial charge in [-0.1, -0.05) is 0 Å². The van der Waals surface area contributed by atoms with Crippen molar-refractivity contribution < 1.29 is 13.2 Å². The highest BCUT2D eigenvalue weighted by molar-refractivity contribution is 7.92. The van der Waals surface area contributed by atoms with Gasteiger partial charge in [0, 0.05) is 18.1 Å².